The van der Waals surface area contributed by atoms with Crippen LogP contribution in [-0.4, -0.2) is 24.5 Å². The molecule has 2 aromatic rings. The number of carbonyl (C=O) groups is 1. The molecule has 108 valence electrons. The molecular weight excluding hydrogens is 308 g/mol. The first-order valence-corrected chi connectivity index (χ1v) is 7.44. The summed E-state index contributed by atoms with van der Waals surface area (Å²) in [6.45, 7) is 0.467. The molecule has 0 N–H and O–H groups in total. The van der Waals surface area contributed by atoms with Crippen molar-refractivity contribution < 1.29 is 9.53 Å². The number of nitriles is 1. The average Bonchev–Trinajstić information content (AvgIpc) is 2.98. The summed E-state index contributed by atoms with van der Waals surface area (Å²) in [4.78, 5) is 14.7. The number of thiophene rings is 1. The summed E-state index contributed by atoms with van der Waals surface area (Å²) >= 11 is 7.59. The van der Waals surface area contributed by atoms with Gasteiger partial charge in [-0.3, -0.25) is 4.79 Å². The van der Waals surface area contributed by atoms with Gasteiger partial charge in [0, 0.05) is 11.9 Å². The van der Waals surface area contributed by atoms with E-state index in [1.165, 1.54) is 6.07 Å². The van der Waals surface area contributed by atoms with E-state index in [1.807, 2.05) is 23.6 Å². The van der Waals surface area contributed by atoms with Gasteiger partial charge in [0.1, 0.15) is 5.75 Å². The second kappa shape index (κ2) is 7.11. The monoisotopic (exact) mass is 320 g/mol. The zero-order valence-corrected chi connectivity index (χ0v) is 12.9. The minimum Gasteiger partial charge on any atom is -0.482 e. The van der Waals surface area contributed by atoms with Gasteiger partial charge in [-0.05, 0) is 29.6 Å². The van der Waals surface area contributed by atoms with E-state index in [-0.39, 0.29) is 12.5 Å². The molecule has 0 atom stereocenters. The maximum absolute atomic E-state index is 12.0. The lowest BCUT2D eigenvalue weighted by Crippen LogP contribution is -2.30. The lowest BCUT2D eigenvalue weighted by atomic mass is 10.2. The maximum Gasteiger partial charge on any atom is 0.260 e. The van der Waals surface area contributed by atoms with Gasteiger partial charge in [-0.2, -0.15) is 5.26 Å². The van der Waals surface area contributed by atoms with Gasteiger partial charge in [0.2, 0.25) is 0 Å². The number of hydrogen-bond donors (Lipinski definition) is 0. The molecule has 1 aromatic heterocycles. The molecule has 0 aliphatic carbocycles. The van der Waals surface area contributed by atoms with Crippen LogP contribution in [0.25, 0.3) is 0 Å². The highest BCUT2D eigenvalue weighted by Crippen LogP contribution is 2.25. The fourth-order valence-electron chi connectivity index (χ4n) is 1.66. The van der Waals surface area contributed by atoms with Crippen molar-refractivity contribution in [2.45, 2.75) is 6.54 Å². The average molecular weight is 321 g/mol. The Labute approximate surface area is 132 Å². The predicted molar refractivity (Wildman–Crippen MR) is 82.5 cm³/mol. The maximum atomic E-state index is 12.0. The van der Waals surface area contributed by atoms with Gasteiger partial charge in [-0.15, -0.1) is 11.3 Å². The molecule has 0 spiro atoms. The van der Waals surface area contributed by atoms with Crippen LogP contribution in [0.4, 0.5) is 0 Å². The molecule has 6 heteroatoms. The number of carbonyl (C=O) groups excluding carboxylic acids is 1. The van der Waals surface area contributed by atoms with E-state index in [2.05, 4.69) is 0 Å². The number of ether oxygens (including phenoxy) is 1. The van der Waals surface area contributed by atoms with Gasteiger partial charge in [-0.25, -0.2) is 0 Å². The lowest BCUT2D eigenvalue weighted by Gasteiger charge is -2.17. The zero-order valence-electron chi connectivity index (χ0n) is 11.4. The zero-order chi connectivity index (χ0) is 15.2. The highest BCUT2D eigenvalue weighted by atomic mass is 35.5. The van der Waals surface area contributed by atoms with Crippen LogP contribution >= 0.6 is 22.9 Å². The lowest BCUT2D eigenvalue weighted by molar-refractivity contribution is -0.132. The fourth-order valence-corrected chi connectivity index (χ4v) is 2.65. The van der Waals surface area contributed by atoms with Crippen LogP contribution in [0.1, 0.15) is 10.4 Å². The third-order valence-corrected chi connectivity index (χ3v) is 3.97. The molecule has 1 amide bonds. The largest absolute Gasteiger partial charge is 0.482 e. The summed E-state index contributed by atoms with van der Waals surface area (Å²) in [5.41, 5.74) is 0.452. The second-order valence-electron chi connectivity index (χ2n) is 4.37. The van der Waals surface area contributed by atoms with Crippen molar-refractivity contribution in [1.82, 2.24) is 4.90 Å². The quantitative estimate of drug-likeness (QED) is 0.849. The summed E-state index contributed by atoms with van der Waals surface area (Å²) < 4.78 is 5.41. The number of hydrogen-bond acceptors (Lipinski definition) is 4. The number of rotatable bonds is 5. The number of likely N-dealkylation sites (N-methyl/N-ethyl adjacent to an activating group) is 1. The Morgan fingerprint density at radius 1 is 1.48 bits per heavy atom. The molecule has 1 heterocycles. The van der Waals surface area contributed by atoms with Crippen molar-refractivity contribution in [2.24, 2.45) is 0 Å². The van der Waals surface area contributed by atoms with E-state index in [0.29, 0.717) is 22.9 Å². The van der Waals surface area contributed by atoms with Crippen LogP contribution in [0, 0.1) is 11.3 Å². The molecule has 0 aliphatic heterocycles. The van der Waals surface area contributed by atoms with Crippen LogP contribution in [0.15, 0.2) is 35.7 Å². The minimum absolute atomic E-state index is 0.0898. The molecule has 21 heavy (non-hydrogen) atoms. The van der Waals surface area contributed by atoms with Crippen molar-refractivity contribution in [1.29, 1.82) is 5.26 Å². The number of benzene rings is 1. The minimum atomic E-state index is -0.135. The Balaban J connectivity index is 1.90. The van der Waals surface area contributed by atoms with Crippen molar-refractivity contribution in [3.8, 4) is 11.8 Å². The molecule has 0 saturated carbocycles. The van der Waals surface area contributed by atoms with Gasteiger partial charge >= 0.3 is 0 Å². The molecule has 4 nitrogen and oxygen atoms in total. The number of nitrogens with zero attached hydrogens (tertiary/aromatic N) is 2. The van der Waals surface area contributed by atoms with Crippen molar-refractivity contribution in [2.75, 3.05) is 13.7 Å². The van der Waals surface area contributed by atoms with E-state index >= 15 is 0 Å². The first-order valence-electron chi connectivity index (χ1n) is 6.19. The van der Waals surface area contributed by atoms with Gasteiger partial charge < -0.3 is 9.64 Å². The van der Waals surface area contributed by atoms with Crippen LogP contribution in [-0.2, 0) is 11.3 Å². The highest BCUT2D eigenvalue weighted by molar-refractivity contribution is 7.09. The first kappa shape index (κ1) is 15.4. The first-order chi connectivity index (χ1) is 10.1. The molecule has 0 bridgehead atoms. The van der Waals surface area contributed by atoms with E-state index in [4.69, 9.17) is 21.6 Å². The van der Waals surface area contributed by atoms with Gasteiger partial charge in [0.15, 0.2) is 6.61 Å². The van der Waals surface area contributed by atoms with Crippen LogP contribution in [0.2, 0.25) is 5.02 Å². The van der Waals surface area contributed by atoms with Crippen molar-refractivity contribution in [3.05, 3.63) is 51.2 Å². The number of amides is 1. The third kappa shape index (κ3) is 4.22. The predicted octanol–water partition coefficient (Wildman–Crippen LogP) is 3.31. The van der Waals surface area contributed by atoms with Gasteiger partial charge in [-0.1, -0.05) is 17.7 Å². The number of halogens is 1. The normalized spacial score (nSPS) is 9.95. The molecule has 0 unspecified atom stereocenters. The highest BCUT2D eigenvalue weighted by Gasteiger charge is 2.12. The Kier molecular flexibility index (Phi) is 5.20. The molecular formula is C15H13ClN2O2S. The summed E-state index contributed by atoms with van der Waals surface area (Å²) in [6, 6.07) is 10.6. The molecule has 1 aromatic carbocycles. The van der Waals surface area contributed by atoms with Crippen molar-refractivity contribution in [3.63, 3.8) is 0 Å². The van der Waals surface area contributed by atoms with Gasteiger partial charge in [0.25, 0.3) is 5.91 Å². The molecule has 2 rings (SSSR count). The topological polar surface area (TPSA) is 53.3 Å². The third-order valence-electron chi connectivity index (χ3n) is 2.81. The van der Waals surface area contributed by atoms with Crippen molar-refractivity contribution >= 4 is 28.8 Å². The summed E-state index contributed by atoms with van der Waals surface area (Å²) in [5.74, 6) is 0.261. The molecule has 0 saturated heterocycles. The van der Waals surface area contributed by atoms with E-state index in [1.54, 1.807) is 35.4 Å². The van der Waals surface area contributed by atoms with E-state index in [9.17, 15) is 4.79 Å². The van der Waals surface area contributed by atoms with E-state index in [0.717, 1.165) is 4.88 Å². The van der Waals surface area contributed by atoms with Crippen LogP contribution < -0.4 is 4.74 Å². The Hall–Kier alpha value is -2.03. The van der Waals surface area contributed by atoms with Crippen LogP contribution in [0.5, 0.6) is 5.75 Å². The fraction of sp³-hybridized carbons (Fsp3) is 0.200. The smallest absolute Gasteiger partial charge is 0.260 e. The Morgan fingerprint density at radius 2 is 2.29 bits per heavy atom. The van der Waals surface area contributed by atoms with Crippen LogP contribution in [0.3, 0.4) is 0 Å². The summed E-state index contributed by atoms with van der Waals surface area (Å²) in [6.07, 6.45) is 0. The summed E-state index contributed by atoms with van der Waals surface area (Å²) in [7, 11) is 1.73. The van der Waals surface area contributed by atoms with Gasteiger partial charge in [0.05, 0.1) is 23.2 Å². The second-order valence-corrected chi connectivity index (χ2v) is 5.81. The standard InChI is InChI=1S/C15H13ClN2O2S/c1-18(9-12-3-2-6-21-12)15(19)10-20-14-5-4-11(8-17)7-13(14)16/h2-7H,9-10H2,1H3. The molecule has 0 radical (unpaired) electrons. The van der Waals surface area contributed by atoms with E-state index < -0.39 is 0 Å². The SMILES string of the molecule is CN(Cc1cccs1)C(=O)COc1ccc(C#N)cc1Cl. The molecule has 0 fully saturated rings. The molecule has 0 aliphatic rings. The Bertz CT molecular complexity index is 665. The summed E-state index contributed by atoms with van der Waals surface area (Å²) in [5, 5.41) is 11.1. The Morgan fingerprint density at radius 3 is 2.90 bits per heavy atom.